The molecule has 0 atom stereocenters. The molecule has 2 amide bonds. The second kappa shape index (κ2) is 9.41. The number of carbonyl (C=O) groups is 2. The van der Waals surface area contributed by atoms with Gasteiger partial charge < -0.3 is 19.7 Å². The molecule has 6 nitrogen and oxygen atoms in total. The number of halogens is 1. The summed E-state index contributed by atoms with van der Waals surface area (Å²) in [6, 6.07) is 14.4. The van der Waals surface area contributed by atoms with Crippen molar-refractivity contribution in [3.63, 3.8) is 0 Å². The van der Waals surface area contributed by atoms with Crippen LogP contribution in [0.25, 0.3) is 0 Å². The summed E-state index contributed by atoms with van der Waals surface area (Å²) in [5, 5.41) is 5.28. The molecule has 160 valence electrons. The molecule has 0 saturated heterocycles. The second-order valence-corrected chi connectivity index (χ2v) is 8.32. The van der Waals surface area contributed by atoms with E-state index in [9.17, 15) is 9.59 Å². The molecule has 0 unspecified atom stereocenters. The molecule has 0 spiro atoms. The number of amides is 2. The van der Waals surface area contributed by atoms with Gasteiger partial charge in [0.1, 0.15) is 13.2 Å². The fourth-order valence-corrected chi connectivity index (χ4v) is 4.34. The zero-order chi connectivity index (χ0) is 21.8. The smallest absolute Gasteiger partial charge is 0.268 e. The Labute approximate surface area is 189 Å². The third-order valence-corrected chi connectivity index (χ3v) is 6.04. The fraction of sp³-hybridized carbons (Fsp3) is 0.217. The molecular weight excluding hydrogens is 436 g/mol. The number of ether oxygens (including phenoxy) is 2. The molecule has 31 heavy (non-hydrogen) atoms. The van der Waals surface area contributed by atoms with Crippen molar-refractivity contribution in [3.05, 3.63) is 74.9 Å². The molecule has 1 aliphatic heterocycles. The predicted octanol–water partition coefficient (Wildman–Crippen LogP) is 4.42. The van der Waals surface area contributed by atoms with Gasteiger partial charge in [-0.2, -0.15) is 0 Å². The average Bonchev–Trinajstić information content (AvgIpc) is 3.33. The average molecular weight is 457 g/mol. The number of nitrogens with one attached hydrogen (secondary N) is 1. The van der Waals surface area contributed by atoms with E-state index in [0.717, 1.165) is 5.56 Å². The summed E-state index contributed by atoms with van der Waals surface area (Å²) in [5.74, 6) is 0.790. The number of hydrogen-bond donors (Lipinski definition) is 1. The first-order valence-corrected chi connectivity index (χ1v) is 11.1. The van der Waals surface area contributed by atoms with Crippen molar-refractivity contribution in [2.24, 2.45) is 0 Å². The lowest BCUT2D eigenvalue weighted by atomic mass is 10.1. The fourth-order valence-electron chi connectivity index (χ4n) is 3.36. The van der Waals surface area contributed by atoms with Gasteiger partial charge in [0.25, 0.3) is 11.8 Å². The second-order valence-electron chi connectivity index (χ2n) is 6.97. The number of carbonyl (C=O) groups excluding carboxylic acids is 2. The van der Waals surface area contributed by atoms with E-state index in [0.29, 0.717) is 58.8 Å². The maximum Gasteiger partial charge on any atom is 0.268 e. The van der Waals surface area contributed by atoms with Crippen LogP contribution in [0.15, 0.2) is 53.9 Å². The van der Waals surface area contributed by atoms with Gasteiger partial charge >= 0.3 is 0 Å². The number of hydrogen-bond acceptors (Lipinski definition) is 5. The molecule has 1 N–H and O–H groups in total. The van der Waals surface area contributed by atoms with Gasteiger partial charge in [-0.25, -0.2) is 0 Å². The minimum absolute atomic E-state index is 0.152. The van der Waals surface area contributed by atoms with Gasteiger partial charge in [0.2, 0.25) is 0 Å². The van der Waals surface area contributed by atoms with Crippen LogP contribution in [0.2, 0.25) is 5.02 Å². The summed E-state index contributed by atoms with van der Waals surface area (Å²) in [6.45, 7) is 1.37. The van der Waals surface area contributed by atoms with Crippen LogP contribution in [-0.2, 0) is 6.42 Å². The van der Waals surface area contributed by atoms with E-state index in [4.69, 9.17) is 21.1 Å². The molecule has 0 bridgehead atoms. The normalized spacial score (nSPS) is 12.3. The van der Waals surface area contributed by atoms with Gasteiger partial charge in [-0.05, 0) is 47.7 Å². The summed E-state index contributed by atoms with van der Waals surface area (Å²) < 4.78 is 11.1. The highest BCUT2D eigenvalue weighted by molar-refractivity contribution is 7.12. The van der Waals surface area contributed by atoms with Crippen molar-refractivity contribution in [2.45, 2.75) is 6.42 Å². The molecule has 0 saturated carbocycles. The Bertz CT molecular complexity index is 1100. The molecular formula is C23H21ClN2O4S. The Kier molecular flexibility index (Phi) is 6.44. The summed E-state index contributed by atoms with van der Waals surface area (Å²) in [7, 11) is 1.67. The number of fused-ring (bicyclic) bond motifs is 1. The van der Waals surface area contributed by atoms with Gasteiger partial charge in [-0.1, -0.05) is 29.8 Å². The molecule has 2 heterocycles. The lowest BCUT2D eigenvalue weighted by molar-refractivity contribution is 0.0954. The van der Waals surface area contributed by atoms with Crippen LogP contribution in [0.4, 0.5) is 5.69 Å². The third-order valence-electron chi connectivity index (χ3n) is 4.90. The first-order valence-electron chi connectivity index (χ1n) is 9.81. The zero-order valence-electron chi connectivity index (χ0n) is 16.9. The number of para-hydroxylation sites is 1. The van der Waals surface area contributed by atoms with Crippen LogP contribution in [0.3, 0.4) is 0 Å². The van der Waals surface area contributed by atoms with E-state index < -0.39 is 0 Å². The Morgan fingerprint density at radius 2 is 1.94 bits per heavy atom. The lowest BCUT2D eigenvalue weighted by Gasteiger charge is -2.21. The molecule has 1 aromatic heterocycles. The van der Waals surface area contributed by atoms with Crippen LogP contribution in [0, 0.1) is 0 Å². The number of nitrogens with zero attached hydrogens (tertiary/aromatic N) is 1. The first-order chi connectivity index (χ1) is 15.0. The highest BCUT2D eigenvalue weighted by atomic mass is 35.5. The molecule has 3 aromatic rings. The molecule has 0 radical (unpaired) electrons. The largest absolute Gasteiger partial charge is 0.486 e. The first kappa shape index (κ1) is 21.2. The van der Waals surface area contributed by atoms with E-state index >= 15 is 0 Å². The van der Waals surface area contributed by atoms with Gasteiger partial charge in [-0.15, -0.1) is 11.3 Å². The Morgan fingerprint density at radius 3 is 2.74 bits per heavy atom. The summed E-state index contributed by atoms with van der Waals surface area (Å²) in [5.41, 5.74) is 1.93. The van der Waals surface area contributed by atoms with Crippen LogP contribution >= 0.6 is 22.9 Å². The molecule has 8 heteroatoms. The highest BCUT2D eigenvalue weighted by Gasteiger charge is 2.20. The van der Waals surface area contributed by atoms with Crippen LogP contribution in [-0.4, -0.2) is 38.6 Å². The summed E-state index contributed by atoms with van der Waals surface area (Å²) in [4.78, 5) is 27.7. The predicted molar refractivity (Wildman–Crippen MR) is 122 cm³/mol. The van der Waals surface area contributed by atoms with E-state index in [1.807, 2.05) is 29.6 Å². The Hall–Kier alpha value is -3.03. The summed E-state index contributed by atoms with van der Waals surface area (Å²) in [6.07, 6.45) is 0.578. The number of anilines is 1. The van der Waals surface area contributed by atoms with Gasteiger partial charge in [0.05, 0.1) is 21.2 Å². The van der Waals surface area contributed by atoms with Crippen LogP contribution < -0.4 is 19.7 Å². The number of benzene rings is 2. The van der Waals surface area contributed by atoms with Gasteiger partial charge in [0.15, 0.2) is 11.5 Å². The standard InChI is InChI=1S/C23H21ClN2O4S/c1-26(23(28)20-7-4-12-31-20)18-6-3-2-5-16(18)22(27)25-9-8-15-13-17(24)21-19(14-15)29-10-11-30-21/h2-7,12-14H,8-11H2,1H3,(H,25,27). The van der Waals surface area contributed by atoms with Crippen LogP contribution in [0.5, 0.6) is 11.5 Å². The minimum atomic E-state index is -0.245. The summed E-state index contributed by atoms with van der Waals surface area (Å²) >= 11 is 7.65. The highest BCUT2D eigenvalue weighted by Crippen LogP contribution is 2.38. The van der Waals surface area contributed by atoms with Crippen molar-refractivity contribution in [2.75, 3.05) is 31.7 Å². The van der Waals surface area contributed by atoms with Gasteiger partial charge in [0, 0.05) is 13.6 Å². The van der Waals surface area contributed by atoms with E-state index in [-0.39, 0.29) is 11.8 Å². The zero-order valence-corrected chi connectivity index (χ0v) is 18.5. The molecule has 2 aromatic carbocycles. The minimum Gasteiger partial charge on any atom is -0.486 e. The van der Waals surface area contributed by atoms with Gasteiger partial charge in [-0.3, -0.25) is 9.59 Å². The maximum absolute atomic E-state index is 12.9. The number of thiophene rings is 1. The van der Waals surface area contributed by atoms with E-state index in [1.54, 1.807) is 31.3 Å². The lowest BCUT2D eigenvalue weighted by Crippen LogP contribution is -2.31. The van der Waals surface area contributed by atoms with E-state index in [1.165, 1.54) is 16.2 Å². The topological polar surface area (TPSA) is 67.9 Å². The molecule has 0 fully saturated rings. The van der Waals surface area contributed by atoms with Crippen molar-refractivity contribution < 1.29 is 19.1 Å². The number of rotatable bonds is 6. The van der Waals surface area contributed by atoms with Crippen LogP contribution in [0.1, 0.15) is 25.6 Å². The maximum atomic E-state index is 12.9. The quantitative estimate of drug-likeness (QED) is 0.596. The monoisotopic (exact) mass is 456 g/mol. The molecule has 1 aliphatic rings. The van der Waals surface area contributed by atoms with Crippen molar-refractivity contribution >= 4 is 40.4 Å². The molecule has 4 rings (SSSR count). The Balaban J connectivity index is 1.43. The van der Waals surface area contributed by atoms with Crippen molar-refractivity contribution in [3.8, 4) is 11.5 Å². The molecule has 0 aliphatic carbocycles. The SMILES string of the molecule is CN(C(=O)c1cccs1)c1ccccc1C(=O)NCCc1cc(Cl)c2c(c1)OCCO2. The third kappa shape index (κ3) is 4.68. The van der Waals surface area contributed by atoms with E-state index in [2.05, 4.69) is 5.32 Å². The van der Waals surface area contributed by atoms with Crippen molar-refractivity contribution in [1.29, 1.82) is 0 Å². The van der Waals surface area contributed by atoms with Crippen molar-refractivity contribution in [1.82, 2.24) is 5.32 Å². The Morgan fingerprint density at radius 1 is 1.13 bits per heavy atom.